The van der Waals surface area contributed by atoms with E-state index in [9.17, 15) is 4.79 Å². The van der Waals surface area contributed by atoms with Gasteiger partial charge in [0.2, 0.25) is 0 Å². The number of rotatable bonds is 3. The van der Waals surface area contributed by atoms with Gasteiger partial charge in [0.05, 0.1) is 16.3 Å². The molecule has 5 nitrogen and oxygen atoms in total. The van der Waals surface area contributed by atoms with E-state index in [0.717, 1.165) is 50.3 Å². The quantitative estimate of drug-likeness (QED) is 0.424. The number of anilines is 1. The molecule has 1 fully saturated rings. The van der Waals surface area contributed by atoms with Gasteiger partial charge in [-0.25, -0.2) is 4.68 Å². The number of amides is 1. The third-order valence-electron chi connectivity index (χ3n) is 5.79. The zero-order valence-electron chi connectivity index (χ0n) is 17.5. The summed E-state index contributed by atoms with van der Waals surface area (Å²) in [6.45, 7) is 7.11. The van der Waals surface area contributed by atoms with Gasteiger partial charge >= 0.3 is 0 Å². The molecule has 0 spiro atoms. The molecule has 0 radical (unpaired) electrons. The lowest BCUT2D eigenvalue weighted by molar-refractivity contribution is 0.0751. The van der Waals surface area contributed by atoms with E-state index in [1.54, 1.807) is 0 Å². The smallest absolute Gasteiger partial charge is 0.264 e. The molecule has 2 aromatic carbocycles. The summed E-state index contributed by atoms with van der Waals surface area (Å²) in [4.78, 5) is 19.3. The Labute approximate surface area is 190 Å². The fraction of sp³-hybridized carbons (Fsp3) is 0.250. The Kier molecular flexibility index (Phi) is 5.20. The van der Waals surface area contributed by atoms with Crippen molar-refractivity contribution in [1.82, 2.24) is 14.7 Å². The molecule has 0 bridgehead atoms. The van der Waals surface area contributed by atoms with Gasteiger partial charge in [0.1, 0.15) is 4.83 Å². The number of halogens is 1. The fourth-order valence-corrected chi connectivity index (χ4v) is 5.27. The van der Waals surface area contributed by atoms with Crippen molar-refractivity contribution in [3.63, 3.8) is 0 Å². The van der Waals surface area contributed by atoms with Crippen LogP contribution in [0.2, 0.25) is 5.02 Å². The minimum atomic E-state index is 0.104. The lowest BCUT2D eigenvalue weighted by Crippen LogP contribution is -2.48. The number of aromatic nitrogens is 2. The molecule has 3 heterocycles. The SMILES string of the molecule is Cc1ccc(-n2nc(C)c3cc(C(=O)N4CCN(c5ccc(Cl)cc5)CC4)sc32)cc1. The van der Waals surface area contributed by atoms with Crippen molar-refractivity contribution in [1.29, 1.82) is 0 Å². The van der Waals surface area contributed by atoms with Crippen LogP contribution in [-0.2, 0) is 0 Å². The molecule has 1 aliphatic rings. The summed E-state index contributed by atoms with van der Waals surface area (Å²) in [5.74, 6) is 0.104. The van der Waals surface area contributed by atoms with E-state index in [-0.39, 0.29) is 5.91 Å². The van der Waals surface area contributed by atoms with Crippen molar-refractivity contribution in [2.45, 2.75) is 13.8 Å². The van der Waals surface area contributed by atoms with Gasteiger partial charge in [-0.05, 0) is 56.3 Å². The van der Waals surface area contributed by atoms with Gasteiger partial charge in [-0.1, -0.05) is 29.3 Å². The van der Waals surface area contributed by atoms with Gasteiger partial charge in [0, 0.05) is 42.3 Å². The van der Waals surface area contributed by atoms with E-state index in [4.69, 9.17) is 16.7 Å². The Balaban J connectivity index is 1.35. The first-order valence-corrected chi connectivity index (χ1v) is 11.5. The zero-order valence-corrected chi connectivity index (χ0v) is 19.1. The Morgan fingerprint density at radius 1 is 0.935 bits per heavy atom. The number of hydrogen-bond acceptors (Lipinski definition) is 4. The highest BCUT2D eigenvalue weighted by atomic mass is 35.5. The number of piperazine rings is 1. The molecule has 4 aromatic rings. The van der Waals surface area contributed by atoms with E-state index < -0.39 is 0 Å². The normalized spacial score (nSPS) is 14.4. The van der Waals surface area contributed by atoms with Gasteiger partial charge in [0.25, 0.3) is 5.91 Å². The Morgan fingerprint density at radius 3 is 2.26 bits per heavy atom. The number of nitrogens with zero attached hydrogens (tertiary/aromatic N) is 4. The maximum Gasteiger partial charge on any atom is 0.264 e. The van der Waals surface area contributed by atoms with Crippen LogP contribution in [0.4, 0.5) is 5.69 Å². The number of hydrogen-bond donors (Lipinski definition) is 0. The molecule has 0 unspecified atom stereocenters. The second kappa shape index (κ2) is 8.02. The highest BCUT2D eigenvalue weighted by Gasteiger charge is 2.25. The predicted octanol–water partition coefficient (Wildman–Crippen LogP) is 5.32. The van der Waals surface area contributed by atoms with Crippen LogP contribution in [0.5, 0.6) is 0 Å². The number of thiophene rings is 1. The van der Waals surface area contributed by atoms with Crippen molar-refractivity contribution < 1.29 is 4.79 Å². The predicted molar refractivity (Wildman–Crippen MR) is 128 cm³/mol. The minimum Gasteiger partial charge on any atom is -0.368 e. The summed E-state index contributed by atoms with van der Waals surface area (Å²) >= 11 is 7.52. The standard InChI is InChI=1S/C24H23ClN4OS/c1-16-3-7-20(8-4-16)29-24-21(17(2)26-29)15-22(31-24)23(30)28-13-11-27(12-14-28)19-9-5-18(25)6-10-19/h3-10,15H,11-14H2,1-2H3. The van der Waals surface area contributed by atoms with Crippen molar-refractivity contribution in [3.8, 4) is 5.69 Å². The van der Waals surface area contributed by atoms with Crippen LogP contribution in [0.15, 0.2) is 54.6 Å². The van der Waals surface area contributed by atoms with Crippen molar-refractivity contribution in [2.75, 3.05) is 31.1 Å². The first kappa shape index (κ1) is 20.1. The molecule has 1 aliphatic heterocycles. The average molecular weight is 451 g/mol. The lowest BCUT2D eigenvalue weighted by Gasteiger charge is -2.36. The van der Waals surface area contributed by atoms with Crippen molar-refractivity contribution in [3.05, 3.63) is 75.8 Å². The molecule has 0 aliphatic carbocycles. The molecule has 2 aromatic heterocycles. The molecule has 7 heteroatoms. The van der Waals surface area contributed by atoms with Crippen molar-refractivity contribution in [2.24, 2.45) is 0 Å². The van der Waals surface area contributed by atoms with E-state index in [1.165, 1.54) is 16.9 Å². The van der Waals surface area contributed by atoms with Gasteiger partial charge in [-0.15, -0.1) is 11.3 Å². The van der Waals surface area contributed by atoms with Gasteiger partial charge < -0.3 is 9.80 Å². The van der Waals surface area contributed by atoms with E-state index in [1.807, 2.05) is 46.8 Å². The maximum atomic E-state index is 13.2. The van der Waals surface area contributed by atoms with Crippen molar-refractivity contribution >= 4 is 44.7 Å². The van der Waals surface area contributed by atoms with E-state index in [2.05, 4.69) is 36.1 Å². The first-order valence-electron chi connectivity index (χ1n) is 10.4. The summed E-state index contributed by atoms with van der Waals surface area (Å²) < 4.78 is 1.95. The molecule has 0 atom stereocenters. The minimum absolute atomic E-state index is 0.104. The van der Waals surface area contributed by atoms with E-state index >= 15 is 0 Å². The highest BCUT2D eigenvalue weighted by Crippen LogP contribution is 2.31. The van der Waals surface area contributed by atoms with Crippen LogP contribution in [0.25, 0.3) is 15.9 Å². The van der Waals surface area contributed by atoms with Crippen LogP contribution in [-0.4, -0.2) is 46.8 Å². The number of carbonyl (C=O) groups is 1. The second-order valence-electron chi connectivity index (χ2n) is 7.92. The average Bonchev–Trinajstić information content (AvgIpc) is 3.35. The molecule has 0 N–H and O–H groups in total. The molecule has 158 valence electrons. The number of fused-ring (bicyclic) bond motifs is 1. The summed E-state index contributed by atoms with van der Waals surface area (Å²) in [6, 6.07) is 18.2. The zero-order chi connectivity index (χ0) is 21.5. The third kappa shape index (κ3) is 3.82. The number of benzene rings is 2. The first-order chi connectivity index (χ1) is 15.0. The molecular weight excluding hydrogens is 428 g/mol. The molecule has 0 saturated carbocycles. The van der Waals surface area contributed by atoms with Gasteiger partial charge in [0.15, 0.2) is 0 Å². The van der Waals surface area contributed by atoms with Crippen LogP contribution in [0, 0.1) is 13.8 Å². The topological polar surface area (TPSA) is 41.4 Å². The summed E-state index contributed by atoms with van der Waals surface area (Å²) in [5, 5.41) is 6.49. The number of carbonyl (C=O) groups excluding carboxylic acids is 1. The fourth-order valence-electron chi connectivity index (χ4n) is 3.99. The second-order valence-corrected chi connectivity index (χ2v) is 9.38. The Morgan fingerprint density at radius 2 is 1.58 bits per heavy atom. The summed E-state index contributed by atoms with van der Waals surface area (Å²) in [7, 11) is 0. The van der Waals surface area contributed by atoms with Crippen LogP contribution < -0.4 is 4.90 Å². The maximum absolute atomic E-state index is 13.2. The third-order valence-corrected chi connectivity index (χ3v) is 7.14. The molecular formula is C24H23ClN4OS. The van der Waals surface area contributed by atoms with Gasteiger partial charge in [-0.3, -0.25) is 4.79 Å². The van der Waals surface area contributed by atoms with Crippen LogP contribution in [0.3, 0.4) is 0 Å². The monoisotopic (exact) mass is 450 g/mol. The molecule has 1 saturated heterocycles. The lowest BCUT2D eigenvalue weighted by atomic mass is 10.2. The van der Waals surface area contributed by atoms with Gasteiger partial charge in [-0.2, -0.15) is 5.10 Å². The highest BCUT2D eigenvalue weighted by molar-refractivity contribution is 7.20. The largest absolute Gasteiger partial charge is 0.368 e. The van der Waals surface area contributed by atoms with Crippen LogP contribution >= 0.6 is 22.9 Å². The summed E-state index contributed by atoms with van der Waals surface area (Å²) in [6.07, 6.45) is 0. The molecule has 31 heavy (non-hydrogen) atoms. The van der Waals surface area contributed by atoms with E-state index in [0.29, 0.717) is 13.1 Å². The summed E-state index contributed by atoms with van der Waals surface area (Å²) in [5.41, 5.74) is 4.32. The Bertz CT molecular complexity index is 1240. The molecule has 1 amide bonds. The van der Waals surface area contributed by atoms with Crippen LogP contribution in [0.1, 0.15) is 20.9 Å². The number of aryl methyl sites for hydroxylation is 2. The molecule has 5 rings (SSSR count). The Hall–Kier alpha value is -2.83.